The van der Waals surface area contributed by atoms with E-state index >= 15 is 0 Å². The molecule has 0 unspecified atom stereocenters. The first kappa shape index (κ1) is 31.0. The van der Waals surface area contributed by atoms with Crippen molar-refractivity contribution in [2.24, 2.45) is 7.05 Å². The average molecular weight is 630 g/mol. The summed E-state index contributed by atoms with van der Waals surface area (Å²) < 4.78 is 102. The number of ether oxygens (including phenoxy) is 1. The number of sulfonamides is 1. The number of anilines is 1. The molecular formula is C27H24F5N3O5S2. The summed E-state index contributed by atoms with van der Waals surface area (Å²) in [6, 6.07) is 7.82. The second kappa shape index (κ2) is 11.0. The van der Waals surface area contributed by atoms with Gasteiger partial charge in [-0.15, -0.1) is 11.3 Å². The number of nitrogens with zero attached hydrogens (tertiary/aromatic N) is 1. The Balaban J connectivity index is 1.92. The average Bonchev–Trinajstić information content (AvgIpc) is 3.34. The number of hydrogen-bond acceptors (Lipinski definition) is 6. The maximum Gasteiger partial charge on any atom is 0.410 e. The Kier molecular flexibility index (Phi) is 8.12. The van der Waals surface area contributed by atoms with Gasteiger partial charge in [0.25, 0.3) is 11.5 Å². The van der Waals surface area contributed by atoms with Gasteiger partial charge in [0, 0.05) is 36.1 Å². The Bertz CT molecular complexity index is 1860. The van der Waals surface area contributed by atoms with Crippen molar-refractivity contribution >= 4 is 43.0 Å². The molecule has 0 bridgehead atoms. The molecule has 0 saturated carbocycles. The van der Waals surface area contributed by atoms with E-state index in [0.717, 1.165) is 48.0 Å². The van der Waals surface area contributed by atoms with Gasteiger partial charge in [-0.3, -0.25) is 14.3 Å². The van der Waals surface area contributed by atoms with E-state index in [-0.39, 0.29) is 49.0 Å². The fraction of sp³-hybridized carbons (Fsp3) is 0.259. The van der Waals surface area contributed by atoms with Crippen LogP contribution in [0, 0.1) is 11.6 Å². The zero-order valence-corrected chi connectivity index (χ0v) is 24.2. The van der Waals surface area contributed by atoms with Gasteiger partial charge in [-0.25, -0.2) is 17.2 Å². The van der Waals surface area contributed by atoms with Gasteiger partial charge in [-0.05, 0) is 57.2 Å². The highest BCUT2D eigenvalue weighted by molar-refractivity contribution is 7.92. The molecule has 2 aromatic carbocycles. The van der Waals surface area contributed by atoms with Gasteiger partial charge in [0.05, 0.1) is 20.7 Å². The van der Waals surface area contributed by atoms with E-state index < -0.39 is 44.8 Å². The van der Waals surface area contributed by atoms with E-state index in [4.69, 9.17) is 4.74 Å². The van der Waals surface area contributed by atoms with Crippen molar-refractivity contribution in [3.8, 4) is 22.6 Å². The maximum atomic E-state index is 14.5. The van der Waals surface area contributed by atoms with Crippen molar-refractivity contribution < 1.29 is 39.9 Å². The number of rotatable bonds is 8. The molecule has 2 N–H and O–H groups in total. The van der Waals surface area contributed by atoms with Crippen LogP contribution in [0.1, 0.15) is 30.4 Å². The number of aromatic nitrogens is 1. The lowest BCUT2D eigenvalue weighted by Crippen LogP contribution is -2.54. The zero-order valence-electron chi connectivity index (χ0n) is 22.5. The molecule has 0 fully saturated rings. The molecule has 1 amide bonds. The van der Waals surface area contributed by atoms with Crippen molar-refractivity contribution in [2.45, 2.75) is 32.5 Å². The van der Waals surface area contributed by atoms with Gasteiger partial charge >= 0.3 is 6.18 Å². The first-order valence-corrected chi connectivity index (χ1v) is 14.7. The van der Waals surface area contributed by atoms with Crippen molar-refractivity contribution in [3.63, 3.8) is 0 Å². The SMILES string of the molecule is CCS(=O)(=O)Nc1ccc(Oc2ccc(F)cc2F)c(-c2cn(C)c(=O)c3cc(C(=O)NC(C)(C)C(F)(F)F)sc23)c1. The predicted octanol–water partition coefficient (Wildman–Crippen LogP) is 6.17. The fourth-order valence-electron chi connectivity index (χ4n) is 3.79. The first-order valence-electron chi connectivity index (χ1n) is 12.2. The molecule has 4 rings (SSSR count). The summed E-state index contributed by atoms with van der Waals surface area (Å²) in [5, 5.41) is 1.92. The van der Waals surface area contributed by atoms with Crippen LogP contribution in [-0.2, 0) is 17.1 Å². The number of aryl methyl sites for hydroxylation is 1. The summed E-state index contributed by atoms with van der Waals surface area (Å²) >= 11 is 0.734. The highest BCUT2D eigenvalue weighted by atomic mass is 32.2. The standard InChI is InChI=1S/C27H24F5N3O5S2/c1-5-42(38,39)34-15-7-9-20(40-21-8-6-14(28)10-19(21)29)16(11-15)18-13-35(4)25(37)17-12-22(41-23(17)18)24(36)33-26(2,3)27(30,31)32/h6-13,34H,5H2,1-4H3,(H,33,36). The van der Waals surface area contributed by atoms with E-state index in [1.807, 2.05) is 5.32 Å². The van der Waals surface area contributed by atoms with Crippen LogP contribution in [0.15, 0.2) is 53.5 Å². The number of hydrogen-bond donors (Lipinski definition) is 2. The largest absolute Gasteiger partial charge is 0.454 e. The smallest absolute Gasteiger partial charge is 0.410 e. The van der Waals surface area contributed by atoms with E-state index in [1.165, 1.54) is 38.4 Å². The molecule has 0 radical (unpaired) electrons. The van der Waals surface area contributed by atoms with Crippen LogP contribution in [0.4, 0.5) is 27.6 Å². The van der Waals surface area contributed by atoms with Crippen molar-refractivity contribution in [1.29, 1.82) is 0 Å². The van der Waals surface area contributed by atoms with E-state index in [9.17, 15) is 40.0 Å². The van der Waals surface area contributed by atoms with Crippen LogP contribution in [0.25, 0.3) is 21.2 Å². The third-order valence-electron chi connectivity index (χ3n) is 6.25. The quantitative estimate of drug-likeness (QED) is 0.227. The monoisotopic (exact) mass is 629 g/mol. The Labute approximate surface area is 240 Å². The molecule has 224 valence electrons. The normalized spacial score (nSPS) is 12.4. The number of pyridine rings is 1. The van der Waals surface area contributed by atoms with Gasteiger partial charge in [0.15, 0.2) is 11.6 Å². The molecule has 2 heterocycles. The van der Waals surface area contributed by atoms with Gasteiger partial charge in [-0.2, -0.15) is 13.2 Å². The molecule has 4 aromatic rings. The predicted molar refractivity (Wildman–Crippen MR) is 150 cm³/mol. The lowest BCUT2D eigenvalue weighted by atomic mass is 10.0. The Morgan fingerprint density at radius 1 is 1.02 bits per heavy atom. The van der Waals surface area contributed by atoms with E-state index in [0.29, 0.717) is 6.07 Å². The van der Waals surface area contributed by atoms with Crippen LogP contribution < -0.4 is 20.3 Å². The zero-order chi connectivity index (χ0) is 31.2. The fourth-order valence-corrected chi connectivity index (χ4v) is 5.49. The summed E-state index contributed by atoms with van der Waals surface area (Å²) in [5.41, 5.74) is -2.68. The van der Waals surface area contributed by atoms with Crippen LogP contribution in [-0.4, -0.2) is 36.4 Å². The molecule has 8 nitrogen and oxygen atoms in total. The maximum absolute atomic E-state index is 14.5. The third-order valence-corrected chi connectivity index (χ3v) is 8.72. The summed E-state index contributed by atoms with van der Waals surface area (Å²) in [6.45, 7) is 3.01. The van der Waals surface area contributed by atoms with Gasteiger partial charge in [0.1, 0.15) is 17.1 Å². The summed E-state index contributed by atoms with van der Waals surface area (Å²) in [6.07, 6.45) is -3.39. The molecular weight excluding hydrogens is 605 g/mol. The lowest BCUT2D eigenvalue weighted by Gasteiger charge is -2.28. The number of nitrogens with one attached hydrogen (secondary N) is 2. The topological polar surface area (TPSA) is 106 Å². The molecule has 2 aromatic heterocycles. The number of alkyl halides is 3. The Morgan fingerprint density at radius 3 is 2.31 bits per heavy atom. The van der Waals surface area contributed by atoms with Crippen molar-refractivity contribution in [1.82, 2.24) is 9.88 Å². The van der Waals surface area contributed by atoms with E-state index in [2.05, 4.69) is 4.72 Å². The van der Waals surface area contributed by atoms with E-state index in [1.54, 1.807) is 0 Å². The molecule has 0 aliphatic carbocycles. The van der Waals surface area contributed by atoms with Crippen molar-refractivity contribution in [3.05, 3.63) is 75.5 Å². The number of carbonyl (C=O) groups excluding carboxylic acids is 1. The molecule has 42 heavy (non-hydrogen) atoms. The minimum absolute atomic E-state index is 0.00609. The Morgan fingerprint density at radius 2 is 1.69 bits per heavy atom. The number of halogens is 5. The number of fused-ring (bicyclic) bond motifs is 1. The highest BCUT2D eigenvalue weighted by Crippen LogP contribution is 2.41. The van der Waals surface area contributed by atoms with Crippen LogP contribution in [0.3, 0.4) is 0 Å². The number of amides is 1. The van der Waals surface area contributed by atoms with Gasteiger partial charge < -0.3 is 14.6 Å². The van der Waals surface area contributed by atoms with Crippen molar-refractivity contribution in [2.75, 3.05) is 10.5 Å². The first-order chi connectivity index (χ1) is 19.4. The molecule has 0 aliphatic heterocycles. The Hall–Kier alpha value is -3.98. The summed E-state index contributed by atoms with van der Waals surface area (Å²) in [7, 11) is -2.34. The molecule has 0 saturated heterocycles. The lowest BCUT2D eigenvalue weighted by molar-refractivity contribution is -0.182. The number of benzene rings is 2. The molecule has 15 heteroatoms. The second-order valence-corrected chi connectivity index (χ2v) is 12.8. The third kappa shape index (κ3) is 6.26. The van der Waals surface area contributed by atoms with Crippen LogP contribution in [0.5, 0.6) is 11.5 Å². The molecule has 0 atom stereocenters. The molecule has 0 spiro atoms. The minimum Gasteiger partial charge on any atom is -0.454 e. The second-order valence-electron chi connectivity index (χ2n) is 9.78. The van der Waals surface area contributed by atoms with Crippen LogP contribution >= 0.6 is 11.3 Å². The van der Waals surface area contributed by atoms with Gasteiger partial charge in [0.2, 0.25) is 10.0 Å². The van der Waals surface area contributed by atoms with Gasteiger partial charge in [-0.1, -0.05) is 0 Å². The number of carbonyl (C=O) groups is 1. The molecule has 0 aliphatic rings. The minimum atomic E-state index is -4.76. The summed E-state index contributed by atoms with van der Waals surface area (Å²) in [5.74, 6) is -3.57. The van der Waals surface area contributed by atoms with Crippen LogP contribution in [0.2, 0.25) is 0 Å². The summed E-state index contributed by atoms with van der Waals surface area (Å²) in [4.78, 5) is 25.6. The number of thiophene rings is 1. The highest BCUT2D eigenvalue weighted by Gasteiger charge is 2.48.